The number of allylic oxidation sites excluding steroid dienone is 3. The van der Waals surface area contributed by atoms with E-state index < -0.39 is 0 Å². The average Bonchev–Trinajstić information content (AvgIpc) is 3.26. The monoisotopic (exact) mass is 590 g/mol. The van der Waals surface area contributed by atoms with Gasteiger partial charge in [-0.1, -0.05) is 35.4 Å². The zero-order chi connectivity index (χ0) is 29.5. The van der Waals surface area contributed by atoms with Gasteiger partial charge in [-0.15, -0.1) is 0 Å². The second-order valence-corrected chi connectivity index (χ2v) is 12.0. The zero-order valence-electron chi connectivity index (χ0n) is 24.4. The van der Waals surface area contributed by atoms with Crippen molar-refractivity contribution in [2.45, 2.75) is 58.0 Å². The summed E-state index contributed by atoms with van der Waals surface area (Å²) in [5, 5.41) is 12.5. The van der Waals surface area contributed by atoms with Crippen molar-refractivity contribution < 1.29 is 9.18 Å². The number of piperazine rings is 1. The van der Waals surface area contributed by atoms with E-state index in [-0.39, 0.29) is 11.7 Å². The molecule has 5 rings (SSSR count). The third-order valence-electron chi connectivity index (χ3n) is 8.80. The van der Waals surface area contributed by atoms with Crippen molar-refractivity contribution in [1.82, 2.24) is 20.1 Å². The topological polar surface area (TPSA) is 75.5 Å². The maximum absolute atomic E-state index is 13.5. The molecule has 0 saturated carbocycles. The van der Waals surface area contributed by atoms with Crippen LogP contribution in [0.3, 0.4) is 0 Å². The SMILES string of the molecule is Cc1cc(CNC(=O)c2cnc(N3CCN(C4CCN(CCC5=CC=C(C#N)CCC5)CC4)CC3)c(Cl)c2)ccc1F. The zero-order valence-corrected chi connectivity index (χ0v) is 25.2. The highest BCUT2D eigenvalue weighted by Crippen LogP contribution is 2.27. The van der Waals surface area contributed by atoms with Crippen LogP contribution in [0.25, 0.3) is 0 Å². The van der Waals surface area contributed by atoms with Crippen LogP contribution >= 0.6 is 11.6 Å². The van der Waals surface area contributed by atoms with Crippen LogP contribution in [0.2, 0.25) is 5.02 Å². The van der Waals surface area contributed by atoms with Gasteiger partial charge in [0.05, 0.1) is 16.7 Å². The molecule has 2 saturated heterocycles. The van der Waals surface area contributed by atoms with Crippen LogP contribution in [0, 0.1) is 24.1 Å². The van der Waals surface area contributed by atoms with Gasteiger partial charge in [-0.3, -0.25) is 9.69 Å². The van der Waals surface area contributed by atoms with Crippen molar-refractivity contribution in [3.63, 3.8) is 0 Å². The Balaban J connectivity index is 1.05. The summed E-state index contributed by atoms with van der Waals surface area (Å²) in [7, 11) is 0. The number of carbonyl (C=O) groups is 1. The summed E-state index contributed by atoms with van der Waals surface area (Å²) in [5.74, 6) is 0.207. The molecule has 1 aromatic heterocycles. The molecule has 2 fully saturated rings. The second kappa shape index (κ2) is 14.3. The molecule has 2 aromatic rings. The van der Waals surface area contributed by atoms with E-state index in [0.29, 0.717) is 28.7 Å². The summed E-state index contributed by atoms with van der Waals surface area (Å²) in [6, 6.07) is 9.41. The lowest BCUT2D eigenvalue weighted by Gasteiger charge is -2.43. The minimum Gasteiger partial charge on any atom is -0.353 e. The van der Waals surface area contributed by atoms with Gasteiger partial charge in [0, 0.05) is 57.1 Å². The second-order valence-electron chi connectivity index (χ2n) is 11.6. The molecule has 222 valence electrons. The van der Waals surface area contributed by atoms with Gasteiger partial charge in [-0.2, -0.15) is 5.26 Å². The van der Waals surface area contributed by atoms with Crippen molar-refractivity contribution in [2.24, 2.45) is 0 Å². The van der Waals surface area contributed by atoms with E-state index in [2.05, 4.69) is 37.1 Å². The van der Waals surface area contributed by atoms with E-state index in [1.54, 1.807) is 31.3 Å². The number of anilines is 1. The number of nitriles is 1. The van der Waals surface area contributed by atoms with Crippen LogP contribution in [-0.4, -0.2) is 72.5 Å². The number of amides is 1. The Morgan fingerprint density at radius 2 is 1.90 bits per heavy atom. The fourth-order valence-electron chi connectivity index (χ4n) is 6.19. The van der Waals surface area contributed by atoms with Crippen LogP contribution in [0.1, 0.15) is 60.0 Å². The number of piperidine rings is 1. The molecule has 42 heavy (non-hydrogen) atoms. The van der Waals surface area contributed by atoms with Gasteiger partial charge >= 0.3 is 0 Å². The third-order valence-corrected chi connectivity index (χ3v) is 9.08. The molecule has 1 amide bonds. The lowest BCUT2D eigenvalue weighted by Crippen LogP contribution is -2.53. The number of rotatable bonds is 8. The standard InChI is InChI=1S/C33H40ClFN6O/c1-24-19-27(7-8-31(24)35)22-38-33(42)28-20-30(34)32(37-23-28)41-17-15-40(16-18-41)29-10-13-39(14-11-29)12-9-25-3-2-4-26(21-36)6-5-25/h5-8,19-20,23,29H,2-4,9-18,22H2,1H3,(H,38,42). The van der Waals surface area contributed by atoms with E-state index in [1.165, 1.54) is 24.5 Å². The van der Waals surface area contributed by atoms with E-state index >= 15 is 0 Å². The molecule has 0 radical (unpaired) electrons. The summed E-state index contributed by atoms with van der Waals surface area (Å²) in [6.45, 7) is 9.04. The van der Waals surface area contributed by atoms with Gasteiger partial charge in [0.25, 0.3) is 5.91 Å². The molecule has 3 aliphatic rings. The van der Waals surface area contributed by atoms with Crippen molar-refractivity contribution in [1.29, 1.82) is 5.26 Å². The number of pyridine rings is 1. The van der Waals surface area contributed by atoms with Crippen LogP contribution in [0.15, 0.2) is 53.8 Å². The maximum Gasteiger partial charge on any atom is 0.253 e. The fourth-order valence-corrected chi connectivity index (χ4v) is 6.48. The summed E-state index contributed by atoms with van der Waals surface area (Å²) in [5.41, 5.74) is 4.17. The number of benzene rings is 1. The number of hydrogen-bond acceptors (Lipinski definition) is 6. The Morgan fingerprint density at radius 1 is 1.12 bits per heavy atom. The Hall–Kier alpha value is -3.25. The van der Waals surface area contributed by atoms with Crippen molar-refractivity contribution in [3.05, 3.63) is 81.3 Å². The molecule has 1 N–H and O–H groups in total. The van der Waals surface area contributed by atoms with E-state index in [9.17, 15) is 9.18 Å². The van der Waals surface area contributed by atoms with Crippen LogP contribution in [0.4, 0.5) is 10.2 Å². The van der Waals surface area contributed by atoms with Gasteiger partial charge in [-0.25, -0.2) is 9.37 Å². The molecule has 0 unspecified atom stereocenters. The van der Waals surface area contributed by atoms with Crippen molar-refractivity contribution in [3.8, 4) is 6.07 Å². The highest BCUT2D eigenvalue weighted by atomic mass is 35.5. The summed E-state index contributed by atoms with van der Waals surface area (Å²) in [6.07, 6.45) is 12.3. The number of nitrogens with zero attached hydrogens (tertiary/aromatic N) is 5. The maximum atomic E-state index is 13.5. The van der Waals surface area contributed by atoms with Crippen LogP contribution in [0.5, 0.6) is 0 Å². The quantitative estimate of drug-likeness (QED) is 0.428. The molecule has 0 bridgehead atoms. The first kappa shape index (κ1) is 30.2. The Morgan fingerprint density at radius 3 is 2.62 bits per heavy atom. The van der Waals surface area contributed by atoms with E-state index in [0.717, 1.165) is 88.5 Å². The molecule has 7 nitrogen and oxygen atoms in total. The summed E-state index contributed by atoms with van der Waals surface area (Å²) >= 11 is 6.61. The molecule has 1 aromatic carbocycles. The first-order valence-electron chi connectivity index (χ1n) is 15.1. The summed E-state index contributed by atoms with van der Waals surface area (Å²) < 4.78 is 13.5. The van der Waals surface area contributed by atoms with Crippen LogP contribution in [-0.2, 0) is 6.54 Å². The molecule has 2 aliphatic heterocycles. The normalized spacial score (nSPS) is 19.0. The third kappa shape index (κ3) is 7.77. The van der Waals surface area contributed by atoms with Crippen molar-refractivity contribution >= 4 is 23.3 Å². The minimum atomic E-state index is -0.259. The number of likely N-dealkylation sites (tertiary alicyclic amines) is 1. The Bertz CT molecular complexity index is 1370. The highest BCUT2D eigenvalue weighted by Gasteiger charge is 2.28. The molecule has 1 aliphatic carbocycles. The predicted molar refractivity (Wildman–Crippen MR) is 165 cm³/mol. The Labute approximate surface area is 253 Å². The molecule has 9 heteroatoms. The lowest BCUT2D eigenvalue weighted by molar-refractivity contribution is 0.0950. The van der Waals surface area contributed by atoms with Gasteiger partial charge in [-0.05, 0) is 87.9 Å². The van der Waals surface area contributed by atoms with Gasteiger partial charge in [0.15, 0.2) is 0 Å². The highest BCUT2D eigenvalue weighted by molar-refractivity contribution is 6.33. The first-order valence-corrected chi connectivity index (χ1v) is 15.5. The largest absolute Gasteiger partial charge is 0.353 e. The fraction of sp³-hybridized carbons (Fsp3) is 0.485. The molecule has 0 spiro atoms. The van der Waals surface area contributed by atoms with Gasteiger partial charge < -0.3 is 15.1 Å². The lowest BCUT2D eigenvalue weighted by atomic mass is 10.0. The number of nitrogens with one attached hydrogen (secondary N) is 1. The average molecular weight is 591 g/mol. The number of hydrogen-bond donors (Lipinski definition) is 1. The van der Waals surface area contributed by atoms with Crippen LogP contribution < -0.4 is 10.2 Å². The molecule has 0 atom stereocenters. The van der Waals surface area contributed by atoms with Gasteiger partial charge in [0.1, 0.15) is 11.6 Å². The number of halogens is 2. The predicted octanol–water partition coefficient (Wildman–Crippen LogP) is 5.65. The number of carbonyl (C=O) groups excluding carboxylic acids is 1. The molecular formula is C33H40ClFN6O. The summed E-state index contributed by atoms with van der Waals surface area (Å²) in [4.78, 5) is 24.7. The van der Waals surface area contributed by atoms with Crippen molar-refractivity contribution in [2.75, 3.05) is 50.7 Å². The first-order chi connectivity index (χ1) is 20.4. The van der Waals surface area contributed by atoms with Gasteiger partial charge in [0.2, 0.25) is 0 Å². The molecular weight excluding hydrogens is 551 g/mol. The van der Waals surface area contributed by atoms with E-state index in [1.807, 2.05) is 6.08 Å². The molecule has 3 heterocycles. The minimum absolute atomic E-state index is 0.257. The number of aromatic nitrogens is 1. The smallest absolute Gasteiger partial charge is 0.253 e. The Kier molecular flexibility index (Phi) is 10.3. The number of aryl methyl sites for hydroxylation is 1. The van der Waals surface area contributed by atoms with E-state index in [4.69, 9.17) is 16.9 Å².